The Balaban J connectivity index is 1.93. The highest BCUT2D eigenvalue weighted by molar-refractivity contribution is 7.93. The van der Waals surface area contributed by atoms with Crippen LogP contribution in [0.3, 0.4) is 0 Å². The summed E-state index contributed by atoms with van der Waals surface area (Å²) < 4.78 is 98.8. The van der Waals surface area contributed by atoms with E-state index >= 15 is 4.39 Å². The van der Waals surface area contributed by atoms with Crippen molar-refractivity contribution < 1.29 is 45.3 Å². The molecule has 11 heteroatoms. The number of rotatable bonds is 2. The van der Waals surface area contributed by atoms with Gasteiger partial charge in [0.2, 0.25) is 0 Å². The van der Waals surface area contributed by atoms with Crippen LogP contribution in [0.15, 0.2) is 52.9 Å². The van der Waals surface area contributed by atoms with Crippen molar-refractivity contribution in [3.05, 3.63) is 53.6 Å². The predicted octanol–water partition coefficient (Wildman–Crippen LogP) is 3.23. The lowest BCUT2D eigenvalue weighted by Crippen LogP contribution is -2.72. The Morgan fingerprint density at radius 3 is 2.42 bits per heavy atom. The molecule has 0 spiro atoms. The number of hydrogen-bond donors (Lipinski definition) is 2. The van der Waals surface area contributed by atoms with Crippen molar-refractivity contribution in [1.29, 1.82) is 0 Å². The first kappa shape index (κ1) is 22.2. The Kier molecular flexibility index (Phi) is 5.03. The zero-order valence-corrected chi connectivity index (χ0v) is 16.8. The maximum absolute atomic E-state index is 15.1. The van der Waals surface area contributed by atoms with E-state index in [9.17, 15) is 36.2 Å². The van der Waals surface area contributed by atoms with E-state index in [0.717, 1.165) is 24.3 Å². The van der Waals surface area contributed by atoms with Crippen LogP contribution in [-0.4, -0.2) is 47.9 Å². The molecule has 2 fully saturated rings. The van der Waals surface area contributed by atoms with Crippen molar-refractivity contribution in [2.24, 2.45) is 5.92 Å². The number of aliphatic hydroxyl groups excluding tert-OH is 1. The average Bonchev–Trinajstić information content (AvgIpc) is 2.69. The molecule has 1 heterocycles. The van der Waals surface area contributed by atoms with Gasteiger partial charge in [-0.15, -0.1) is 0 Å². The quantitative estimate of drug-likeness (QED) is 0.654. The molecule has 1 aliphatic heterocycles. The number of hydrogen-bond acceptors (Lipinski definition) is 5. The first-order chi connectivity index (χ1) is 14.3. The van der Waals surface area contributed by atoms with Gasteiger partial charge in [-0.25, -0.2) is 17.2 Å². The number of allylic oxidation sites excluding steroid dienone is 4. The molecular formula is C20H19F5O5S. The Hall–Kier alpha value is -1.98. The van der Waals surface area contributed by atoms with E-state index in [4.69, 9.17) is 4.74 Å². The molecule has 0 aromatic heterocycles. The molecule has 4 rings (SSSR count). The second-order valence-electron chi connectivity index (χ2n) is 8.13. The Labute approximate surface area is 174 Å². The van der Waals surface area contributed by atoms with Crippen LogP contribution in [0, 0.1) is 5.92 Å². The lowest BCUT2D eigenvalue weighted by Gasteiger charge is -2.57. The number of halogens is 5. The molecule has 4 unspecified atom stereocenters. The van der Waals surface area contributed by atoms with Gasteiger partial charge in [-0.05, 0) is 49.3 Å². The molecular weight excluding hydrogens is 447 g/mol. The molecule has 0 amide bonds. The lowest BCUT2D eigenvalue weighted by molar-refractivity contribution is -0.159. The first-order valence-corrected chi connectivity index (χ1v) is 11.0. The van der Waals surface area contributed by atoms with E-state index in [1.807, 2.05) is 0 Å². The Morgan fingerprint density at radius 1 is 1.16 bits per heavy atom. The molecule has 0 bridgehead atoms. The third-order valence-corrected chi connectivity index (χ3v) is 9.10. The van der Waals surface area contributed by atoms with E-state index in [-0.39, 0.29) is 6.42 Å². The number of alkyl halides is 4. The van der Waals surface area contributed by atoms with Gasteiger partial charge in [-0.3, -0.25) is 0 Å². The molecule has 2 aliphatic carbocycles. The SMILES string of the molecule is O=S(=O)(c1ccc(C(F)(F)F)cc1)C12CC[C@@H](O)CC1(O)COC1=C(F)C=CC(F)C12. The molecule has 1 saturated heterocycles. The molecule has 3 aliphatic rings. The van der Waals surface area contributed by atoms with Gasteiger partial charge in [0, 0.05) is 6.42 Å². The summed E-state index contributed by atoms with van der Waals surface area (Å²) in [6, 6.07) is 2.62. The van der Waals surface area contributed by atoms with Gasteiger partial charge in [0.1, 0.15) is 28.9 Å². The van der Waals surface area contributed by atoms with E-state index in [2.05, 4.69) is 0 Å². The number of fused-ring (bicyclic) bond motifs is 3. The molecule has 5 atom stereocenters. The van der Waals surface area contributed by atoms with Gasteiger partial charge in [-0.1, -0.05) is 0 Å². The molecule has 0 radical (unpaired) electrons. The molecule has 1 saturated carbocycles. The number of sulfone groups is 1. The summed E-state index contributed by atoms with van der Waals surface area (Å²) >= 11 is 0. The van der Waals surface area contributed by atoms with Crippen molar-refractivity contribution in [2.75, 3.05) is 6.61 Å². The summed E-state index contributed by atoms with van der Waals surface area (Å²) in [7, 11) is -4.74. The van der Waals surface area contributed by atoms with Crippen LogP contribution in [-0.2, 0) is 20.8 Å². The van der Waals surface area contributed by atoms with Gasteiger partial charge in [-0.2, -0.15) is 13.2 Å². The summed E-state index contributed by atoms with van der Waals surface area (Å²) in [5.74, 6) is -3.32. The minimum absolute atomic E-state index is 0.135. The fourth-order valence-corrected chi connectivity index (χ4v) is 7.49. The van der Waals surface area contributed by atoms with Crippen LogP contribution in [0.2, 0.25) is 0 Å². The van der Waals surface area contributed by atoms with Gasteiger partial charge in [0.05, 0.1) is 22.5 Å². The number of ether oxygens (including phenoxy) is 1. The van der Waals surface area contributed by atoms with E-state index in [0.29, 0.717) is 12.1 Å². The molecule has 1 aromatic carbocycles. The van der Waals surface area contributed by atoms with Crippen LogP contribution in [0.1, 0.15) is 24.8 Å². The van der Waals surface area contributed by atoms with Gasteiger partial charge >= 0.3 is 6.18 Å². The highest BCUT2D eigenvalue weighted by atomic mass is 32.2. The highest BCUT2D eigenvalue weighted by Crippen LogP contribution is 2.58. The smallest absolute Gasteiger partial charge is 0.416 e. The third kappa shape index (κ3) is 3.12. The van der Waals surface area contributed by atoms with Gasteiger partial charge in [0.25, 0.3) is 0 Å². The topological polar surface area (TPSA) is 83.8 Å². The van der Waals surface area contributed by atoms with Crippen molar-refractivity contribution >= 4 is 9.84 Å². The molecule has 2 N–H and O–H groups in total. The fraction of sp³-hybridized carbons (Fsp3) is 0.500. The second kappa shape index (κ2) is 7.01. The minimum atomic E-state index is -4.74. The first-order valence-electron chi connectivity index (χ1n) is 9.50. The van der Waals surface area contributed by atoms with E-state index in [1.165, 1.54) is 0 Å². The molecule has 170 valence electrons. The number of aliphatic hydroxyl groups is 2. The van der Waals surface area contributed by atoms with Crippen molar-refractivity contribution in [3.63, 3.8) is 0 Å². The molecule has 1 aromatic rings. The second-order valence-corrected chi connectivity index (χ2v) is 10.3. The lowest BCUT2D eigenvalue weighted by atomic mass is 9.63. The van der Waals surface area contributed by atoms with Gasteiger partial charge in [0.15, 0.2) is 15.7 Å². The highest BCUT2D eigenvalue weighted by Gasteiger charge is 2.71. The zero-order valence-electron chi connectivity index (χ0n) is 15.9. The summed E-state index contributed by atoms with van der Waals surface area (Å²) in [5.41, 5.74) is -3.38. The fourth-order valence-electron chi connectivity index (χ4n) is 4.98. The largest absolute Gasteiger partial charge is 0.491 e. The summed E-state index contributed by atoms with van der Waals surface area (Å²) in [6.07, 6.45) is -7.29. The maximum atomic E-state index is 15.1. The average molecular weight is 466 g/mol. The Bertz CT molecular complexity index is 1050. The van der Waals surface area contributed by atoms with Crippen molar-refractivity contribution in [2.45, 2.75) is 53.0 Å². The van der Waals surface area contributed by atoms with Crippen LogP contribution in [0.25, 0.3) is 0 Å². The minimum Gasteiger partial charge on any atom is -0.491 e. The molecule has 5 nitrogen and oxygen atoms in total. The van der Waals surface area contributed by atoms with Crippen LogP contribution < -0.4 is 0 Å². The summed E-state index contributed by atoms with van der Waals surface area (Å²) in [6.45, 7) is -0.719. The van der Waals surface area contributed by atoms with Crippen LogP contribution in [0.5, 0.6) is 0 Å². The standard InChI is InChI=1S/C20H19F5O5S/c21-14-5-6-15(22)17-16(14)19(8-7-12(26)9-18(19,27)10-30-17)31(28,29)13-3-1-11(2-4-13)20(23,24)25/h1-6,12,14,16,26-27H,7-10H2/t12-,14?,16?,18?,19?/m1/s1. The normalized spacial score (nSPS) is 35.9. The zero-order chi connectivity index (χ0) is 22.8. The van der Waals surface area contributed by atoms with Crippen LogP contribution in [0.4, 0.5) is 22.0 Å². The monoisotopic (exact) mass is 466 g/mol. The van der Waals surface area contributed by atoms with Gasteiger partial charge < -0.3 is 14.9 Å². The van der Waals surface area contributed by atoms with Crippen molar-refractivity contribution in [3.8, 4) is 0 Å². The maximum Gasteiger partial charge on any atom is 0.416 e. The van der Waals surface area contributed by atoms with E-state index < -0.39 is 86.0 Å². The number of benzene rings is 1. The Morgan fingerprint density at radius 2 is 1.81 bits per heavy atom. The predicted molar refractivity (Wildman–Crippen MR) is 97.8 cm³/mol. The van der Waals surface area contributed by atoms with Crippen molar-refractivity contribution in [1.82, 2.24) is 0 Å². The molecule has 31 heavy (non-hydrogen) atoms. The summed E-state index contributed by atoms with van der Waals surface area (Å²) in [5, 5.41) is 21.4. The summed E-state index contributed by atoms with van der Waals surface area (Å²) in [4.78, 5) is -0.571. The van der Waals surface area contributed by atoms with E-state index in [1.54, 1.807) is 0 Å². The third-order valence-electron chi connectivity index (χ3n) is 6.41. The van der Waals surface area contributed by atoms with Crippen LogP contribution >= 0.6 is 0 Å².